The molecule has 1 amide bonds. The van der Waals surface area contributed by atoms with Gasteiger partial charge in [0.05, 0.1) is 6.61 Å². The van der Waals surface area contributed by atoms with Crippen LogP contribution >= 0.6 is 0 Å². The summed E-state index contributed by atoms with van der Waals surface area (Å²) in [5, 5.41) is 0. The van der Waals surface area contributed by atoms with Crippen molar-refractivity contribution in [3.8, 4) is 22.6 Å². The molecule has 0 saturated carbocycles. The lowest BCUT2D eigenvalue weighted by molar-refractivity contribution is 0.154. The zero-order valence-corrected chi connectivity index (χ0v) is 13.1. The minimum Gasteiger partial charge on any atom is -0.450 e. The molecular weight excluding hydrogens is 304 g/mol. The van der Waals surface area contributed by atoms with Crippen molar-refractivity contribution >= 4 is 6.09 Å². The van der Waals surface area contributed by atoms with Crippen LogP contribution in [0, 0.1) is 0 Å². The van der Waals surface area contributed by atoms with Crippen LogP contribution in [0.25, 0.3) is 22.6 Å². The van der Waals surface area contributed by atoms with Crippen LogP contribution in [0.1, 0.15) is 12.3 Å². The summed E-state index contributed by atoms with van der Waals surface area (Å²) >= 11 is 0. The molecule has 0 aliphatic heterocycles. The summed E-state index contributed by atoms with van der Waals surface area (Å²) in [4.78, 5) is 15.2. The summed E-state index contributed by atoms with van der Waals surface area (Å²) in [5.41, 5.74) is 7.74. The molecule has 0 fully saturated rings. The number of carbonyl (C=O) groups excluding carboxylic acids is 1. The van der Waals surface area contributed by atoms with Crippen molar-refractivity contribution in [1.82, 2.24) is 4.98 Å². The van der Waals surface area contributed by atoms with Crippen LogP contribution in [0.4, 0.5) is 4.79 Å². The first kappa shape index (κ1) is 15.8. The number of aromatic nitrogens is 1. The predicted molar refractivity (Wildman–Crippen MR) is 91.2 cm³/mol. The van der Waals surface area contributed by atoms with Gasteiger partial charge >= 0.3 is 6.09 Å². The van der Waals surface area contributed by atoms with E-state index < -0.39 is 6.09 Å². The molecule has 3 aromatic rings. The van der Waals surface area contributed by atoms with Crippen molar-refractivity contribution in [2.75, 3.05) is 6.61 Å². The lowest BCUT2D eigenvalue weighted by Gasteiger charge is -2.00. The van der Waals surface area contributed by atoms with Gasteiger partial charge in [0.15, 0.2) is 11.7 Å². The molecule has 0 saturated heterocycles. The summed E-state index contributed by atoms with van der Waals surface area (Å²) in [6, 6.07) is 19.8. The van der Waals surface area contributed by atoms with E-state index in [1.54, 1.807) is 0 Å². The van der Waals surface area contributed by atoms with E-state index in [9.17, 15) is 4.79 Å². The Morgan fingerprint density at radius 2 is 1.62 bits per heavy atom. The first-order chi connectivity index (χ1) is 11.7. The van der Waals surface area contributed by atoms with E-state index in [1.165, 1.54) is 0 Å². The van der Waals surface area contributed by atoms with Gasteiger partial charge in [0.25, 0.3) is 0 Å². The summed E-state index contributed by atoms with van der Waals surface area (Å²) in [7, 11) is 0. The van der Waals surface area contributed by atoms with Gasteiger partial charge in [-0.25, -0.2) is 9.78 Å². The highest BCUT2D eigenvalue weighted by Crippen LogP contribution is 2.32. The van der Waals surface area contributed by atoms with E-state index in [4.69, 9.17) is 14.9 Å². The third-order valence-corrected chi connectivity index (χ3v) is 3.53. The molecule has 2 N–H and O–H groups in total. The monoisotopic (exact) mass is 322 g/mol. The molecule has 0 aliphatic carbocycles. The number of hydrogen-bond donors (Lipinski definition) is 1. The van der Waals surface area contributed by atoms with Gasteiger partial charge in [0.1, 0.15) is 5.69 Å². The molecule has 0 bridgehead atoms. The Bertz CT molecular complexity index is 741. The maximum absolute atomic E-state index is 10.6. The van der Waals surface area contributed by atoms with E-state index in [1.807, 2.05) is 60.7 Å². The average molecular weight is 322 g/mol. The molecule has 1 heterocycles. The first-order valence-corrected chi connectivity index (χ1v) is 7.77. The highest BCUT2D eigenvalue weighted by molar-refractivity contribution is 5.76. The number of primary amides is 1. The molecule has 24 heavy (non-hydrogen) atoms. The number of hydrogen-bond acceptors (Lipinski definition) is 4. The molecule has 0 spiro atoms. The number of oxazole rings is 1. The number of rotatable bonds is 6. The normalized spacial score (nSPS) is 10.5. The Hall–Kier alpha value is -3.08. The molecule has 0 aliphatic rings. The van der Waals surface area contributed by atoms with Gasteiger partial charge in [0.2, 0.25) is 0 Å². The number of nitrogens with zero attached hydrogens (tertiary/aromatic N) is 1. The predicted octanol–water partition coefficient (Wildman–Crippen LogP) is 4.04. The Morgan fingerprint density at radius 3 is 2.25 bits per heavy atom. The zero-order valence-electron chi connectivity index (χ0n) is 13.1. The maximum atomic E-state index is 10.6. The van der Waals surface area contributed by atoms with Crippen LogP contribution in [0.15, 0.2) is 65.1 Å². The van der Waals surface area contributed by atoms with Crippen LogP contribution in [0.3, 0.4) is 0 Å². The van der Waals surface area contributed by atoms with Gasteiger partial charge in [-0.2, -0.15) is 0 Å². The van der Waals surface area contributed by atoms with Crippen molar-refractivity contribution < 1.29 is 13.9 Å². The largest absolute Gasteiger partial charge is 0.450 e. The van der Waals surface area contributed by atoms with Gasteiger partial charge in [0, 0.05) is 17.5 Å². The number of nitrogens with two attached hydrogens (primary N) is 1. The molecule has 0 unspecified atom stereocenters. The molecule has 0 atom stereocenters. The second-order valence-electron chi connectivity index (χ2n) is 5.29. The van der Waals surface area contributed by atoms with E-state index >= 15 is 0 Å². The van der Waals surface area contributed by atoms with Gasteiger partial charge < -0.3 is 14.9 Å². The molecule has 2 aromatic carbocycles. The number of amides is 1. The SMILES string of the molecule is NC(=O)OCCCc1nc(-c2ccccc2)c(-c2ccccc2)o1. The van der Waals surface area contributed by atoms with E-state index in [2.05, 4.69) is 4.98 Å². The van der Waals surface area contributed by atoms with Crippen molar-refractivity contribution in [2.45, 2.75) is 12.8 Å². The second-order valence-corrected chi connectivity index (χ2v) is 5.29. The van der Waals surface area contributed by atoms with Crippen molar-refractivity contribution in [2.24, 2.45) is 5.73 Å². The molecule has 0 radical (unpaired) electrons. The number of aryl methyl sites for hydroxylation is 1. The van der Waals surface area contributed by atoms with Gasteiger partial charge in [-0.15, -0.1) is 0 Å². The third kappa shape index (κ3) is 3.81. The lowest BCUT2D eigenvalue weighted by Crippen LogP contribution is -2.13. The molecule has 122 valence electrons. The Kier molecular flexibility index (Phi) is 4.91. The third-order valence-electron chi connectivity index (χ3n) is 3.53. The average Bonchev–Trinajstić information content (AvgIpc) is 3.04. The van der Waals surface area contributed by atoms with Crippen LogP contribution in [0.5, 0.6) is 0 Å². The summed E-state index contributed by atoms with van der Waals surface area (Å²) in [6.07, 6.45) is 0.406. The number of benzene rings is 2. The number of carbonyl (C=O) groups is 1. The topological polar surface area (TPSA) is 78.4 Å². The highest BCUT2D eigenvalue weighted by atomic mass is 16.5. The molecule has 3 rings (SSSR count). The van der Waals surface area contributed by atoms with E-state index in [0.717, 1.165) is 22.6 Å². The van der Waals surface area contributed by atoms with Gasteiger partial charge in [-0.3, -0.25) is 0 Å². The molecule has 5 heteroatoms. The molecule has 5 nitrogen and oxygen atoms in total. The summed E-state index contributed by atoms with van der Waals surface area (Å²) in [6.45, 7) is 0.249. The Labute approximate surface area is 140 Å². The smallest absolute Gasteiger partial charge is 0.404 e. The Morgan fingerprint density at radius 1 is 1.00 bits per heavy atom. The van der Waals surface area contributed by atoms with Crippen molar-refractivity contribution in [1.29, 1.82) is 0 Å². The fourth-order valence-corrected chi connectivity index (χ4v) is 2.44. The fraction of sp³-hybridized carbons (Fsp3) is 0.158. The second kappa shape index (κ2) is 7.46. The summed E-state index contributed by atoms with van der Waals surface area (Å²) in [5.74, 6) is 1.35. The minimum atomic E-state index is -0.766. The minimum absolute atomic E-state index is 0.249. The van der Waals surface area contributed by atoms with Gasteiger partial charge in [-0.05, 0) is 6.42 Å². The molecule has 1 aromatic heterocycles. The maximum Gasteiger partial charge on any atom is 0.404 e. The standard InChI is InChI=1S/C19H18N2O3/c20-19(22)23-13-7-12-16-21-17(14-8-3-1-4-9-14)18(24-16)15-10-5-2-6-11-15/h1-6,8-11H,7,12-13H2,(H2,20,22). The zero-order chi connectivity index (χ0) is 16.8. The Balaban J connectivity index is 1.87. The lowest BCUT2D eigenvalue weighted by atomic mass is 10.1. The highest BCUT2D eigenvalue weighted by Gasteiger charge is 2.16. The number of ether oxygens (including phenoxy) is 1. The van der Waals surface area contributed by atoms with Crippen LogP contribution in [0.2, 0.25) is 0 Å². The molecular formula is C19H18N2O3. The van der Waals surface area contributed by atoms with Crippen LogP contribution < -0.4 is 5.73 Å². The van der Waals surface area contributed by atoms with Crippen LogP contribution in [-0.2, 0) is 11.2 Å². The van der Waals surface area contributed by atoms with Crippen molar-refractivity contribution in [3.05, 3.63) is 66.6 Å². The fourth-order valence-electron chi connectivity index (χ4n) is 2.44. The summed E-state index contributed by atoms with van der Waals surface area (Å²) < 4.78 is 10.7. The van der Waals surface area contributed by atoms with Gasteiger partial charge in [-0.1, -0.05) is 60.7 Å². The van der Waals surface area contributed by atoms with E-state index in [-0.39, 0.29) is 6.61 Å². The quantitative estimate of drug-likeness (QED) is 0.695. The van der Waals surface area contributed by atoms with Crippen LogP contribution in [-0.4, -0.2) is 17.7 Å². The van der Waals surface area contributed by atoms with Crippen molar-refractivity contribution in [3.63, 3.8) is 0 Å². The first-order valence-electron chi connectivity index (χ1n) is 7.77. The van der Waals surface area contributed by atoms with E-state index in [0.29, 0.717) is 18.7 Å².